The predicted molar refractivity (Wildman–Crippen MR) is 107 cm³/mol. The summed E-state index contributed by atoms with van der Waals surface area (Å²) in [5.41, 5.74) is 6.58. The standard InChI is InChI=1S/C23H34O2/c1-8-25-22(24)16-17(2)11-12-18(3)19(4)13-14-21-20(5)10-9-15-23(21,6)7/h11-14,16H,8-10,15H2,1-7H3/b12-11+,14-13+,17-16+,19-18-. The Bertz CT molecular complexity index is 637. The van der Waals surface area contributed by atoms with E-state index in [0.29, 0.717) is 6.61 Å². The zero-order chi connectivity index (χ0) is 19.0. The lowest BCUT2D eigenvalue weighted by Gasteiger charge is -2.33. The van der Waals surface area contributed by atoms with E-state index in [4.69, 9.17) is 4.74 Å². The fraction of sp³-hybridized carbons (Fsp3) is 0.522. The highest BCUT2D eigenvalue weighted by Crippen LogP contribution is 2.40. The molecule has 0 radical (unpaired) electrons. The highest BCUT2D eigenvalue weighted by atomic mass is 16.5. The Morgan fingerprint density at radius 3 is 2.36 bits per heavy atom. The van der Waals surface area contributed by atoms with E-state index in [2.05, 4.69) is 52.8 Å². The Labute approximate surface area is 154 Å². The molecule has 2 heteroatoms. The molecule has 0 heterocycles. The molecule has 1 rings (SSSR count). The summed E-state index contributed by atoms with van der Waals surface area (Å²) >= 11 is 0. The molecule has 0 saturated heterocycles. The first kappa shape index (κ1) is 21.2. The maximum Gasteiger partial charge on any atom is 0.330 e. The van der Waals surface area contributed by atoms with Crippen LogP contribution in [0.25, 0.3) is 0 Å². The van der Waals surface area contributed by atoms with Gasteiger partial charge in [0, 0.05) is 6.08 Å². The molecule has 0 amide bonds. The second-order valence-electron chi connectivity index (χ2n) is 7.60. The number of ether oxygens (including phenoxy) is 1. The summed E-state index contributed by atoms with van der Waals surface area (Å²) in [7, 11) is 0. The second kappa shape index (κ2) is 9.60. The molecule has 0 fully saturated rings. The molecular weight excluding hydrogens is 308 g/mol. The summed E-state index contributed by atoms with van der Waals surface area (Å²) in [6.45, 7) is 15.3. The van der Waals surface area contributed by atoms with Gasteiger partial charge in [0.05, 0.1) is 6.61 Å². The minimum absolute atomic E-state index is 0.266. The molecule has 25 heavy (non-hydrogen) atoms. The van der Waals surface area contributed by atoms with Gasteiger partial charge >= 0.3 is 5.97 Å². The number of carbonyl (C=O) groups excluding carboxylic acids is 1. The molecule has 1 aliphatic rings. The topological polar surface area (TPSA) is 26.3 Å². The molecule has 2 nitrogen and oxygen atoms in total. The fourth-order valence-electron chi connectivity index (χ4n) is 3.16. The first-order valence-electron chi connectivity index (χ1n) is 9.26. The number of allylic oxidation sites excluding steroid dienone is 9. The van der Waals surface area contributed by atoms with Crippen molar-refractivity contribution in [2.45, 2.75) is 67.7 Å². The van der Waals surface area contributed by atoms with Crippen LogP contribution in [0.5, 0.6) is 0 Å². The lowest BCUT2D eigenvalue weighted by atomic mass is 9.72. The Hall–Kier alpha value is -1.83. The largest absolute Gasteiger partial charge is 0.463 e. The Kier molecular flexibility index (Phi) is 8.15. The average molecular weight is 343 g/mol. The Morgan fingerprint density at radius 1 is 1.12 bits per heavy atom. The van der Waals surface area contributed by atoms with Crippen molar-refractivity contribution in [3.63, 3.8) is 0 Å². The summed E-state index contributed by atoms with van der Waals surface area (Å²) in [5.74, 6) is -0.287. The lowest BCUT2D eigenvalue weighted by Crippen LogP contribution is -2.19. The molecule has 0 unspecified atom stereocenters. The van der Waals surface area contributed by atoms with Crippen LogP contribution in [0.4, 0.5) is 0 Å². The van der Waals surface area contributed by atoms with E-state index >= 15 is 0 Å². The van der Waals surface area contributed by atoms with Crippen LogP contribution in [0.3, 0.4) is 0 Å². The number of hydrogen-bond acceptors (Lipinski definition) is 2. The van der Waals surface area contributed by atoms with Gasteiger partial charge in [-0.1, -0.05) is 43.7 Å². The molecule has 0 aliphatic heterocycles. The van der Waals surface area contributed by atoms with E-state index in [0.717, 1.165) is 5.57 Å². The molecule has 0 atom stereocenters. The molecule has 0 aromatic rings. The first-order chi connectivity index (χ1) is 11.7. The fourth-order valence-corrected chi connectivity index (χ4v) is 3.16. The molecule has 0 N–H and O–H groups in total. The Balaban J connectivity index is 2.88. The van der Waals surface area contributed by atoms with Gasteiger partial charge in [-0.3, -0.25) is 0 Å². The van der Waals surface area contributed by atoms with Crippen LogP contribution in [0.15, 0.2) is 58.2 Å². The summed E-state index contributed by atoms with van der Waals surface area (Å²) in [6.07, 6.45) is 13.8. The van der Waals surface area contributed by atoms with Crippen molar-refractivity contribution < 1.29 is 9.53 Å². The normalized spacial score (nSPS) is 19.6. The van der Waals surface area contributed by atoms with Crippen molar-refractivity contribution in [2.24, 2.45) is 5.41 Å². The van der Waals surface area contributed by atoms with Crippen molar-refractivity contribution in [3.8, 4) is 0 Å². The van der Waals surface area contributed by atoms with Crippen LogP contribution in [-0.2, 0) is 9.53 Å². The van der Waals surface area contributed by atoms with Crippen LogP contribution >= 0.6 is 0 Å². The quantitative estimate of drug-likeness (QED) is 0.314. The second-order valence-corrected chi connectivity index (χ2v) is 7.60. The number of rotatable bonds is 6. The third kappa shape index (κ3) is 6.89. The van der Waals surface area contributed by atoms with E-state index in [-0.39, 0.29) is 11.4 Å². The first-order valence-corrected chi connectivity index (χ1v) is 9.26. The lowest BCUT2D eigenvalue weighted by molar-refractivity contribution is -0.137. The van der Waals surface area contributed by atoms with Gasteiger partial charge in [0.15, 0.2) is 0 Å². The molecule has 0 aromatic carbocycles. The highest BCUT2D eigenvalue weighted by molar-refractivity contribution is 5.83. The summed E-state index contributed by atoms with van der Waals surface area (Å²) in [5, 5.41) is 0. The molecule has 0 saturated carbocycles. The molecule has 0 bridgehead atoms. The van der Waals surface area contributed by atoms with Crippen LogP contribution in [-0.4, -0.2) is 12.6 Å². The minimum atomic E-state index is -0.287. The summed E-state index contributed by atoms with van der Waals surface area (Å²) in [6, 6.07) is 0. The number of esters is 1. The van der Waals surface area contributed by atoms with Gasteiger partial charge < -0.3 is 4.74 Å². The summed E-state index contributed by atoms with van der Waals surface area (Å²) < 4.78 is 4.92. The van der Waals surface area contributed by atoms with Gasteiger partial charge in [0.25, 0.3) is 0 Å². The maximum atomic E-state index is 11.4. The van der Waals surface area contributed by atoms with Gasteiger partial charge in [-0.05, 0) is 81.6 Å². The van der Waals surface area contributed by atoms with Crippen molar-refractivity contribution in [1.29, 1.82) is 0 Å². The Morgan fingerprint density at radius 2 is 1.76 bits per heavy atom. The molecule has 138 valence electrons. The SMILES string of the molecule is CCOC(=O)/C=C(C)/C=C/C(C)=C(C)\C=C\C1=C(C)CCCC1(C)C. The minimum Gasteiger partial charge on any atom is -0.463 e. The van der Waals surface area contributed by atoms with Crippen LogP contribution < -0.4 is 0 Å². The van der Waals surface area contributed by atoms with Gasteiger partial charge in [-0.15, -0.1) is 0 Å². The zero-order valence-corrected chi connectivity index (χ0v) is 17.0. The third-order valence-corrected chi connectivity index (χ3v) is 4.89. The monoisotopic (exact) mass is 342 g/mol. The smallest absolute Gasteiger partial charge is 0.330 e. The third-order valence-electron chi connectivity index (χ3n) is 4.89. The number of carbonyl (C=O) groups is 1. The molecule has 0 aromatic heterocycles. The van der Waals surface area contributed by atoms with E-state index in [1.165, 1.54) is 47.6 Å². The van der Waals surface area contributed by atoms with Crippen molar-refractivity contribution >= 4 is 5.97 Å². The van der Waals surface area contributed by atoms with Gasteiger partial charge in [-0.2, -0.15) is 0 Å². The van der Waals surface area contributed by atoms with Crippen LogP contribution in [0, 0.1) is 5.41 Å². The summed E-state index contributed by atoms with van der Waals surface area (Å²) in [4.78, 5) is 11.4. The van der Waals surface area contributed by atoms with Crippen LogP contribution in [0.1, 0.15) is 67.7 Å². The average Bonchev–Trinajstić information content (AvgIpc) is 2.51. The van der Waals surface area contributed by atoms with E-state index in [1.807, 2.05) is 19.9 Å². The highest BCUT2D eigenvalue weighted by Gasteiger charge is 2.26. The van der Waals surface area contributed by atoms with Crippen molar-refractivity contribution in [3.05, 3.63) is 58.2 Å². The predicted octanol–water partition coefficient (Wildman–Crippen LogP) is 6.47. The van der Waals surface area contributed by atoms with Crippen LogP contribution in [0.2, 0.25) is 0 Å². The van der Waals surface area contributed by atoms with Crippen molar-refractivity contribution in [1.82, 2.24) is 0 Å². The molecular formula is C23H34O2. The zero-order valence-electron chi connectivity index (χ0n) is 17.0. The van der Waals surface area contributed by atoms with E-state index in [1.54, 1.807) is 0 Å². The van der Waals surface area contributed by atoms with E-state index < -0.39 is 0 Å². The van der Waals surface area contributed by atoms with Gasteiger partial charge in [0.2, 0.25) is 0 Å². The van der Waals surface area contributed by atoms with Crippen molar-refractivity contribution in [2.75, 3.05) is 6.61 Å². The molecule has 0 spiro atoms. The van der Waals surface area contributed by atoms with E-state index in [9.17, 15) is 4.79 Å². The van der Waals surface area contributed by atoms with Gasteiger partial charge in [-0.25, -0.2) is 4.79 Å². The molecule has 1 aliphatic carbocycles. The van der Waals surface area contributed by atoms with Gasteiger partial charge in [0.1, 0.15) is 0 Å². The number of hydrogen-bond donors (Lipinski definition) is 0. The maximum absolute atomic E-state index is 11.4.